The minimum absolute atomic E-state index is 0.263. The highest BCUT2D eigenvalue weighted by Gasteiger charge is 2.36. The van der Waals surface area contributed by atoms with Gasteiger partial charge in [-0.1, -0.05) is 53.7 Å². The highest BCUT2D eigenvalue weighted by atomic mass is 79.9. The van der Waals surface area contributed by atoms with Crippen molar-refractivity contribution in [3.63, 3.8) is 0 Å². The summed E-state index contributed by atoms with van der Waals surface area (Å²) in [5.74, 6) is 1.58. The molecule has 0 spiro atoms. The third-order valence-electron chi connectivity index (χ3n) is 4.54. The Kier molecular flexibility index (Phi) is 4.19. The number of halogens is 2. The van der Waals surface area contributed by atoms with Crippen LogP contribution in [0.5, 0.6) is 11.5 Å². The van der Waals surface area contributed by atoms with Crippen LogP contribution in [0, 0.1) is 5.41 Å². The number of hydrogen-bond donors (Lipinski definition) is 0. The van der Waals surface area contributed by atoms with Gasteiger partial charge in [-0.2, -0.15) is 0 Å². The van der Waals surface area contributed by atoms with E-state index in [4.69, 9.17) is 21.1 Å². The fourth-order valence-corrected chi connectivity index (χ4v) is 4.49. The van der Waals surface area contributed by atoms with Crippen LogP contribution in [-0.4, -0.2) is 13.2 Å². The molecule has 20 heavy (non-hydrogen) atoms. The molecule has 3 rings (SSSR count). The third-order valence-corrected chi connectivity index (χ3v) is 6.47. The average molecular weight is 360 g/mol. The molecule has 4 heteroatoms. The summed E-state index contributed by atoms with van der Waals surface area (Å²) in [6.07, 6.45) is 6.45. The van der Waals surface area contributed by atoms with Gasteiger partial charge in [-0.3, -0.25) is 0 Å². The van der Waals surface area contributed by atoms with Crippen LogP contribution in [0.25, 0.3) is 0 Å². The fourth-order valence-electron chi connectivity index (χ4n) is 3.26. The first-order valence-electron chi connectivity index (χ1n) is 7.33. The zero-order valence-electron chi connectivity index (χ0n) is 11.8. The Morgan fingerprint density at radius 3 is 2.35 bits per heavy atom. The first-order chi connectivity index (χ1) is 9.60. The van der Waals surface area contributed by atoms with Crippen molar-refractivity contribution < 1.29 is 9.47 Å². The minimum Gasteiger partial charge on any atom is -0.486 e. The van der Waals surface area contributed by atoms with E-state index < -0.39 is 0 Å². The molecule has 1 heterocycles. The predicted octanol–water partition coefficient (Wildman–Crippen LogP) is 5.52. The molecule has 1 aromatic rings. The van der Waals surface area contributed by atoms with Crippen molar-refractivity contribution in [1.82, 2.24) is 0 Å². The van der Waals surface area contributed by atoms with Crippen LogP contribution in [0.2, 0.25) is 5.02 Å². The lowest BCUT2D eigenvalue weighted by Crippen LogP contribution is -2.25. The van der Waals surface area contributed by atoms with E-state index in [0.717, 1.165) is 22.1 Å². The highest BCUT2D eigenvalue weighted by molar-refractivity contribution is 9.09. The van der Waals surface area contributed by atoms with E-state index in [1.165, 1.54) is 32.1 Å². The molecule has 110 valence electrons. The third kappa shape index (κ3) is 2.67. The monoisotopic (exact) mass is 358 g/mol. The van der Waals surface area contributed by atoms with Crippen LogP contribution >= 0.6 is 27.5 Å². The number of alkyl halides is 1. The maximum absolute atomic E-state index is 6.47. The highest BCUT2D eigenvalue weighted by Crippen LogP contribution is 2.53. The lowest BCUT2D eigenvalue weighted by atomic mass is 9.72. The van der Waals surface area contributed by atoms with Crippen molar-refractivity contribution in [3.8, 4) is 11.5 Å². The van der Waals surface area contributed by atoms with Gasteiger partial charge in [-0.15, -0.1) is 0 Å². The van der Waals surface area contributed by atoms with Gasteiger partial charge in [-0.25, -0.2) is 0 Å². The van der Waals surface area contributed by atoms with Gasteiger partial charge in [0.25, 0.3) is 0 Å². The molecule has 1 atom stereocenters. The van der Waals surface area contributed by atoms with Gasteiger partial charge in [0.05, 0.1) is 0 Å². The Morgan fingerprint density at radius 2 is 1.70 bits per heavy atom. The van der Waals surface area contributed by atoms with Crippen molar-refractivity contribution in [3.05, 3.63) is 22.7 Å². The van der Waals surface area contributed by atoms with E-state index in [0.29, 0.717) is 13.2 Å². The van der Waals surface area contributed by atoms with Gasteiger partial charge in [0.2, 0.25) is 0 Å². The summed E-state index contributed by atoms with van der Waals surface area (Å²) in [4.78, 5) is 0.263. The molecule has 1 aromatic carbocycles. The van der Waals surface area contributed by atoms with Crippen LogP contribution < -0.4 is 9.47 Å². The van der Waals surface area contributed by atoms with Crippen LogP contribution in [0.4, 0.5) is 0 Å². The molecule has 1 saturated carbocycles. The van der Waals surface area contributed by atoms with E-state index in [1.807, 2.05) is 6.07 Å². The fraction of sp³-hybridized carbons (Fsp3) is 0.625. The van der Waals surface area contributed by atoms with E-state index in [1.54, 1.807) is 0 Å². The second-order valence-corrected chi connectivity index (χ2v) is 7.42. The molecule has 0 amide bonds. The molecule has 1 unspecified atom stereocenters. The second kappa shape index (κ2) is 5.76. The van der Waals surface area contributed by atoms with Crippen LogP contribution in [-0.2, 0) is 0 Å². The zero-order chi connectivity index (χ0) is 14.2. The molecule has 1 aliphatic heterocycles. The van der Waals surface area contributed by atoms with Crippen molar-refractivity contribution in [2.45, 2.75) is 43.9 Å². The molecule has 0 saturated heterocycles. The topological polar surface area (TPSA) is 18.5 Å². The molecule has 1 fully saturated rings. The molecule has 0 bridgehead atoms. The summed E-state index contributed by atoms with van der Waals surface area (Å²) in [6, 6.07) is 3.95. The standard InChI is InChI=1S/C16H20BrClO2/c1-16(5-3-2-4-6-16)15(17)11-9-13-14(10-12(11)18)20-8-7-19-13/h9-10,15H,2-8H2,1H3. The van der Waals surface area contributed by atoms with Crippen molar-refractivity contribution in [2.24, 2.45) is 5.41 Å². The Bertz CT molecular complexity index is 497. The summed E-state index contributed by atoms with van der Waals surface area (Å²) in [7, 11) is 0. The Balaban J connectivity index is 1.92. The van der Waals surface area contributed by atoms with E-state index in [2.05, 4.69) is 28.9 Å². The van der Waals surface area contributed by atoms with Crippen molar-refractivity contribution in [2.75, 3.05) is 13.2 Å². The SMILES string of the molecule is CC1(C(Br)c2cc3c(cc2Cl)OCCO3)CCCCC1. The lowest BCUT2D eigenvalue weighted by molar-refractivity contribution is 0.170. The summed E-state index contributed by atoms with van der Waals surface area (Å²) in [5, 5.41) is 0.767. The predicted molar refractivity (Wildman–Crippen MR) is 85.3 cm³/mol. The second-order valence-electron chi connectivity index (χ2n) is 6.09. The van der Waals surface area contributed by atoms with E-state index in [9.17, 15) is 0 Å². The largest absolute Gasteiger partial charge is 0.486 e. The van der Waals surface area contributed by atoms with E-state index in [-0.39, 0.29) is 10.2 Å². The number of fused-ring (bicyclic) bond motifs is 1. The summed E-state index contributed by atoms with van der Waals surface area (Å²) in [6.45, 7) is 3.56. The lowest BCUT2D eigenvalue weighted by Gasteiger charge is -2.38. The number of hydrogen-bond acceptors (Lipinski definition) is 2. The van der Waals surface area contributed by atoms with Crippen LogP contribution in [0.15, 0.2) is 12.1 Å². The molecule has 1 aliphatic carbocycles. The van der Waals surface area contributed by atoms with Crippen molar-refractivity contribution in [1.29, 1.82) is 0 Å². The van der Waals surface area contributed by atoms with Gasteiger partial charge < -0.3 is 9.47 Å². The molecule has 0 radical (unpaired) electrons. The van der Waals surface area contributed by atoms with Crippen LogP contribution in [0.1, 0.15) is 49.4 Å². The molecule has 0 aromatic heterocycles. The number of rotatable bonds is 2. The summed E-state index contributed by atoms with van der Waals surface area (Å²) >= 11 is 10.4. The number of benzene rings is 1. The Hall–Kier alpha value is -0.410. The molecular formula is C16H20BrClO2. The zero-order valence-corrected chi connectivity index (χ0v) is 14.1. The molecule has 0 N–H and O–H groups in total. The van der Waals surface area contributed by atoms with Gasteiger partial charge in [-0.05, 0) is 29.9 Å². The summed E-state index contributed by atoms with van der Waals surface area (Å²) in [5.41, 5.74) is 1.39. The number of ether oxygens (including phenoxy) is 2. The van der Waals surface area contributed by atoms with Gasteiger partial charge in [0, 0.05) is 15.9 Å². The van der Waals surface area contributed by atoms with Gasteiger partial charge >= 0.3 is 0 Å². The normalized spacial score (nSPS) is 22.4. The maximum atomic E-state index is 6.47. The maximum Gasteiger partial charge on any atom is 0.162 e. The average Bonchev–Trinajstić information content (AvgIpc) is 2.46. The smallest absolute Gasteiger partial charge is 0.162 e. The van der Waals surface area contributed by atoms with Crippen molar-refractivity contribution >= 4 is 27.5 Å². The Labute approximate surface area is 133 Å². The quantitative estimate of drug-likeness (QED) is 0.647. The van der Waals surface area contributed by atoms with E-state index >= 15 is 0 Å². The minimum atomic E-state index is 0.263. The summed E-state index contributed by atoms with van der Waals surface area (Å²) < 4.78 is 11.3. The first kappa shape index (κ1) is 14.5. The van der Waals surface area contributed by atoms with Gasteiger partial charge in [0.1, 0.15) is 13.2 Å². The molecule has 2 nitrogen and oxygen atoms in total. The Morgan fingerprint density at radius 1 is 1.10 bits per heavy atom. The van der Waals surface area contributed by atoms with Crippen LogP contribution in [0.3, 0.4) is 0 Å². The first-order valence-corrected chi connectivity index (χ1v) is 8.63. The molecular weight excluding hydrogens is 340 g/mol. The van der Waals surface area contributed by atoms with Gasteiger partial charge in [0.15, 0.2) is 11.5 Å². The molecule has 2 aliphatic rings.